The zero-order valence-corrected chi connectivity index (χ0v) is 33.6. The number of ether oxygens (including phenoxy) is 4. The summed E-state index contributed by atoms with van der Waals surface area (Å²) in [5.74, 6) is -0.889. The van der Waals surface area contributed by atoms with Crippen LogP contribution in [0.4, 0.5) is 5.00 Å². The van der Waals surface area contributed by atoms with Crippen LogP contribution in [0, 0.1) is 5.92 Å². The largest absolute Gasteiger partial charge is 0.394 e. The molecule has 3 saturated heterocycles. The number of nitrogens with zero attached hydrogens (tertiary/aromatic N) is 3. The lowest BCUT2D eigenvalue weighted by Crippen LogP contribution is -2.64. The molecule has 3 amide bonds. The van der Waals surface area contributed by atoms with Crippen molar-refractivity contribution in [3.8, 4) is 11.3 Å². The molecule has 328 valence electrons. The summed E-state index contributed by atoms with van der Waals surface area (Å²) in [6, 6.07) is 7.95. The van der Waals surface area contributed by atoms with E-state index in [0.717, 1.165) is 49.2 Å². The lowest BCUT2D eigenvalue weighted by molar-refractivity contribution is -0.359. The topological polar surface area (TPSA) is 283 Å². The van der Waals surface area contributed by atoms with Crippen LogP contribution in [0.1, 0.15) is 70.6 Å². The number of benzene rings is 1. The lowest BCUT2D eigenvalue weighted by Gasteiger charge is -2.45. The first-order valence-corrected chi connectivity index (χ1v) is 21.3. The van der Waals surface area contributed by atoms with E-state index in [4.69, 9.17) is 18.9 Å². The monoisotopic (exact) mass is 851 g/mol. The molecule has 2 aromatic rings. The van der Waals surface area contributed by atoms with Crippen molar-refractivity contribution in [1.82, 2.24) is 19.8 Å². The Kier molecular flexibility index (Phi) is 16.5. The van der Waals surface area contributed by atoms with Gasteiger partial charge in [-0.15, -0.1) is 5.10 Å². The Labute approximate surface area is 345 Å². The molecule has 9 N–H and O–H groups in total. The van der Waals surface area contributed by atoms with Crippen LogP contribution < -0.4 is 10.6 Å². The van der Waals surface area contributed by atoms with Crippen LogP contribution >= 0.6 is 11.5 Å². The van der Waals surface area contributed by atoms with Crippen LogP contribution in [0.2, 0.25) is 0 Å². The van der Waals surface area contributed by atoms with Gasteiger partial charge in [-0.3, -0.25) is 14.4 Å². The van der Waals surface area contributed by atoms with E-state index >= 15 is 0 Å². The maximum absolute atomic E-state index is 14.2. The Morgan fingerprint density at radius 3 is 2.27 bits per heavy atom. The number of aliphatic hydroxyl groups excluding tert-OH is 7. The number of nitrogens with one attached hydrogen (secondary N) is 2. The normalized spacial score (nSPS) is 32.1. The Morgan fingerprint density at radius 2 is 1.54 bits per heavy atom. The second-order valence-electron chi connectivity index (χ2n) is 15.6. The minimum absolute atomic E-state index is 0.0458. The molecule has 1 aliphatic carbocycles. The third kappa shape index (κ3) is 11.0. The molecule has 1 aromatic heterocycles. The van der Waals surface area contributed by atoms with Gasteiger partial charge in [-0.2, -0.15) is 0 Å². The molecule has 4 heterocycles. The number of hydrogen-bond acceptors (Lipinski definition) is 17. The van der Waals surface area contributed by atoms with Gasteiger partial charge >= 0.3 is 0 Å². The number of carbonyl (C=O) groups excluding carboxylic acids is 3. The van der Waals surface area contributed by atoms with E-state index in [1.54, 1.807) is 4.90 Å². The van der Waals surface area contributed by atoms with Crippen molar-refractivity contribution in [2.75, 3.05) is 31.7 Å². The number of amides is 3. The van der Waals surface area contributed by atoms with Crippen molar-refractivity contribution in [1.29, 1.82) is 0 Å². The molecule has 4 fully saturated rings. The van der Waals surface area contributed by atoms with Gasteiger partial charge in [0.1, 0.15) is 71.6 Å². The molecule has 4 unspecified atom stereocenters. The molecular formula is C39H57N5O14S. The molecule has 6 rings (SSSR count). The predicted octanol–water partition coefficient (Wildman–Crippen LogP) is -0.599. The Balaban J connectivity index is 0.963. The van der Waals surface area contributed by atoms with Crippen LogP contribution in [0.25, 0.3) is 11.3 Å². The molecule has 19 nitrogen and oxygen atoms in total. The summed E-state index contributed by atoms with van der Waals surface area (Å²) in [6.45, 7) is -0.910. The quantitative estimate of drug-likeness (QED) is 0.0899. The summed E-state index contributed by atoms with van der Waals surface area (Å²) in [6.07, 6.45) is -8.11. The summed E-state index contributed by atoms with van der Waals surface area (Å²) >= 11 is 1.07. The van der Waals surface area contributed by atoms with E-state index in [1.807, 2.05) is 30.3 Å². The number of aromatic nitrogens is 2. The molecule has 0 spiro atoms. The number of rotatable bonds is 17. The van der Waals surface area contributed by atoms with Crippen LogP contribution in [0.3, 0.4) is 0 Å². The van der Waals surface area contributed by atoms with Crippen LogP contribution in [0.5, 0.6) is 0 Å². The number of hydrogen-bond donors (Lipinski definition) is 9. The average Bonchev–Trinajstić information content (AvgIpc) is 3.94. The van der Waals surface area contributed by atoms with Gasteiger partial charge in [0, 0.05) is 36.7 Å². The van der Waals surface area contributed by atoms with Crippen molar-refractivity contribution in [2.24, 2.45) is 5.92 Å². The molecule has 4 aliphatic rings. The molecule has 20 heteroatoms. The van der Waals surface area contributed by atoms with Gasteiger partial charge in [-0.05, 0) is 44.4 Å². The maximum atomic E-state index is 14.2. The number of carbonyl (C=O) groups is 3. The van der Waals surface area contributed by atoms with Crippen molar-refractivity contribution in [3.63, 3.8) is 0 Å². The zero-order valence-electron chi connectivity index (χ0n) is 32.7. The summed E-state index contributed by atoms with van der Waals surface area (Å²) in [5, 5.41) is 82.1. The first-order valence-electron chi connectivity index (χ1n) is 20.5. The van der Waals surface area contributed by atoms with Crippen molar-refractivity contribution < 1.29 is 69.1 Å². The summed E-state index contributed by atoms with van der Waals surface area (Å²) in [5.41, 5.74) is 1.37. The summed E-state index contributed by atoms with van der Waals surface area (Å²) < 4.78 is 26.3. The highest BCUT2D eigenvalue weighted by atomic mass is 32.1. The fourth-order valence-electron chi connectivity index (χ4n) is 8.29. The molecule has 1 saturated carbocycles. The van der Waals surface area contributed by atoms with Gasteiger partial charge < -0.3 is 70.2 Å². The number of anilines is 1. The number of aliphatic hydroxyl groups is 7. The fourth-order valence-corrected chi connectivity index (χ4v) is 8.88. The standard InChI is InChI=1S/C39H57N5O14S/c45-19-24-29(48)30(49)32(51)39(56-24)58-34-25(20-46)57-38(33(52)31(34)50)55-18-9-3-8-16-26(47)40-28(22-13-6-2-7-14-22)37(54)44-17-10-15-23(44)35(53)41-36-27(42-43-59-36)21-11-4-1-5-12-21/h1,4-5,11-12,22-25,28-34,38-39,45-46,48-52H,2-3,6-10,13-20H2,(H,40,47)(H,41,53)/t23-,24?,25?,28-,29-,30?,31?,32-,33-,34+,38+,39-/m0/s1. The van der Waals surface area contributed by atoms with Crippen molar-refractivity contribution in [3.05, 3.63) is 30.3 Å². The van der Waals surface area contributed by atoms with E-state index in [1.165, 1.54) is 0 Å². The number of likely N-dealkylation sites (tertiary alicyclic amines) is 1. The van der Waals surface area contributed by atoms with Gasteiger partial charge in [-0.1, -0.05) is 60.5 Å². The molecule has 59 heavy (non-hydrogen) atoms. The molecule has 0 radical (unpaired) electrons. The van der Waals surface area contributed by atoms with Crippen LogP contribution in [-0.2, 0) is 33.3 Å². The summed E-state index contributed by atoms with van der Waals surface area (Å²) in [7, 11) is 0. The Morgan fingerprint density at radius 1 is 0.831 bits per heavy atom. The second kappa shape index (κ2) is 21.5. The Hall–Kier alpha value is -3.25. The van der Waals surface area contributed by atoms with Gasteiger partial charge in [-0.25, -0.2) is 0 Å². The van der Waals surface area contributed by atoms with Crippen molar-refractivity contribution >= 4 is 34.3 Å². The SMILES string of the molecule is O=C(CCCCCO[C@@H]1OC(CO)[C@@H](O[C@@H]2OC(CO)[C@H](O)C(O)[C@@H]2O)C(O)[C@@H]1O)N[C@H](C(=O)N1CCC[C@H]1C(=O)Nc1snnc1-c1ccccc1)C1CCCCC1. The minimum atomic E-state index is -1.77. The first kappa shape index (κ1) is 45.3. The van der Waals surface area contributed by atoms with Gasteiger partial charge in [0.2, 0.25) is 17.7 Å². The predicted molar refractivity (Wildman–Crippen MR) is 208 cm³/mol. The van der Waals surface area contributed by atoms with Crippen LogP contribution in [0.15, 0.2) is 30.3 Å². The number of unbranched alkanes of at least 4 members (excludes halogenated alkanes) is 2. The molecule has 0 bridgehead atoms. The zero-order chi connectivity index (χ0) is 42.1. The smallest absolute Gasteiger partial charge is 0.247 e. The highest BCUT2D eigenvalue weighted by molar-refractivity contribution is 7.10. The Bertz CT molecular complexity index is 1650. The van der Waals surface area contributed by atoms with E-state index in [9.17, 15) is 50.1 Å². The summed E-state index contributed by atoms with van der Waals surface area (Å²) in [4.78, 5) is 42.8. The lowest BCUT2D eigenvalue weighted by atomic mass is 9.83. The molecular weight excluding hydrogens is 795 g/mol. The minimum Gasteiger partial charge on any atom is -0.394 e. The van der Waals surface area contributed by atoms with Crippen LogP contribution in [-0.4, -0.2) is 168 Å². The van der Waals surface area contributed by atoms with E-state index < -0.39 is 86.7 Å². The average molecular weight is 852 g/mol. The molecule has 12 atom stereocenters. The molecule has 1 aromatic carbocycles. The highest BCUT2D eigenvalue weighted by Crippen LogP contribution is 2.33. The van der Waals surface area contributed by atoms with E-state index in [0.29, 0.717) is 49.3 Å². The van der Waals surface area contributed by atoms with Gasteiger partial charge in [0.25, 0.3) is 0 Å². The van der Waals surface area contributed by atoms with Gasteiger partial charge in [0.05, 0.1) is 13.2 Å². The van der Waals surface area contributed by atoms with E-state index in [2.05, 4.69) is 20.2 Å². The van der Waals surface area contributed by atoms with Gasteiger partial charge in [0.15, 0.2) is 12.6 Å². The maximum Gasteiger partial charge on any atom is 0.247 e. The highest BCUT2D eigenvalue weighted by Gasteiger charge is 2.51. The third-order valence-corrected chi connectivity index (χ3v) is 12.2. The first-order chi connectivity index (χ1) is 28.5. The third-order valence-electron chi connectivity index (χ3n) is 11.6. The molecule has 3 aliphatic heterocycles. The second-order valence-corrected chi connectivity index (χ2v) is 16.4. The van der Waals surface area contributed by atoms with E-state index in [-0.39, 0.29) is 36.7 Å². The van der Waals surface area contributed by atoms with Crippen molar-refractivity contribution in [2.45, 2.75) is 144 Å². The fraction of sp³-hybridized carbons (Fsp3) is 0.718.